The Labute approximate surface area is 176 Å². The van der Waals surface area contributed by atoms with E-state index in [4.69, 9.17) is 9.47 Å². The van der Waals surface area contributed by atoms with Gasteiger partial charge >= 0.3 is 5.69 Å². The summed E-state index contributed by atoms with van der Waals surface area (Å²) in [6.07, 6.45) is 1.49. The number of nitro benzene ring substituents is 1. The van der Waals surface area contributed by atoms with Gasteiger partial charge in [-0.3, -0.25) is 15.5 Å². The number of anilines is 1. The van der Waals surface area contributed by atoms with Crippen LogP contribution in [0.3, 0.4) is 0 Å². The van der Waals surface area contributed by atoms with Gasteiger partial charge in [-0.1, -0.05) is 6.07 Å². The Morgan fingerprint density at radius 2 is 2.10 bits per heavy atom. The number of thiophene rings is 1. The second-order valence-corrected chi connectivity index (χ2v) is 7.91. The maximum Gasteiger partial charge on any atom is 0.315 e. The molecule has 8 nitrogen and oxygen atoms in total. The normalized spacial score (nSPS) is 11.0. The SMILES string of the molecule is CCOc1cc(/C=N\Nc2nc(-c3cccs3)c(C)s2)cc([N+](=O)[O-])c1OCC. The molecule has 0 aliphatic carbocycles. The van der Waals surface area contributed by atoms with Crippen LogP contribution in [0, 0.1) is 17.0 Å². The van der Waals surface area contributed by atoms with Gasteiger partial charge in [0.25, 0.3) is 0 Å². The predicted octanol–water partition coefficient (Wildman–Crippen LogP) is 5.33. The monoisotopic (exact) mass is 432 g/mol. The lowest BCUT2D eigenvalue weighted by atomic mass is 10.2. The Kier molecular flexibility index (Phi) is 6.78. The number of aromatic nitrogens is 1. The van der Waals surface area contributed by atoms with Crippen LogP contribution in [-0.2, 0) is 0 Å². The molecule has 0 bridgehead atoms. The van der Waals surface area contributed by atoms with Crippen LogP contribution in [0.15, 0.2) is 34.7 Å². The number of nitro groups is 1. The summed E-state index contributed by atoms with van der Waals surface area (Å²) in [6.45, 7) is 6.23. The summed E-state index contributed by atoms with van der Waals surface area (Å²) < 4.78 is 11.0. The van der Waals surface area contributed by atoms with E-state index in [-0.39, 0.29) is 11.4 Å². The third-order valence-electron chi connectivity index (χ3n) is 3.77. The van der Waals surface area contributed by atoms with Crippen molar-refractivity contribution < 1.29 is 14.4 Å². The van der Waals surface area contributed by atoms with E-state index in [9.17, 15) is 10.1 Å². The molecule has 0 saturated carbocycles. The second kappa shape index (κ2) is 9.48. The number of thiazole rings is 1. The summed E-state index contributed by atoms with van der Waals surface area (Å²) in [4.78, 5) is 17.7. The molecule has 0 saturated heterocycles. The molecule has 29 heavy (non-hydrogen) atoms. The van der Waals surface area contributed by atoms with Crippen molar-refractivity contribution in [1.82, 2.24) is 4.98 Å². The zero-order valence-electron chi connectivity index (χ0n) is 16.2. The highest BCUT2D eigenvalue weighted by Crippen LogP contribution is 2.38. The van der Waals surface area contributed by atoms with Crippen LogP contribution in [0.2, 0.25) is 0 Å². The summed E-state index contributed by atoms with van der Waals surface area (Å²) >= 11 is 3.12. The number of hydrazone groups is 1. The molecule has 0 unspecified atom stereocenters. The van der Waals surface area contributed by atoms with Crippen molar-refractivity contribution in [3.05, 3.63) is 50.2 Å². The minimum Gasteiger partial charge on any atom is -0.490 e. The molecule has 0 aliphatic rings. The number of hydrogen-bond acceptors (Lipinski definition) is 9. The fourth-order valence-corrected chi connectivity index (χ4v) is 4.23. The van der Waals surface area contributed by atoms with E-state index in [1.807, 2.05) is 24.4 Å². The fourth-order valence-electron chi connectivity index (χ4n) is 2.62. The summed E-state index contributed by atoms with van der Waals surface area (Å²) in [5.74, 6) is 0.440. The highest BCUT2D eigenvalue weighted by atomic mass is 32.1. The number of hydrogen-bond donors (Lipinski definition) is 1. The van der Waals surface area contributed by atoms with Gasteiger partial charge in [0.2, 0.25) is 10.9 Å². The lowest BCUT2D eigenvalue weighted by molar-refractivity contribution is -0.385. The van der Waals surface area contributed by atoms with E-state index >= 15 is 0 Å². The third kappa shape index (κ3) is 4.90. The third-order valence-corrected chi connectivity index (χ3v) is 5.52. The molecule has 0 amide bonds. The molecule has 3 rings (SSSR count). The van der Waals surface area contributed by atoms with Crippen LogP contribution >= 0.6 is 22.7 Å². The highest BCUT2D eigenvalue weighted by Gasteiger charge is 2.22. The lowest BCUT2D eigenvalue weighted by Gasteiger charge is -2.11. The smallest absolute Gasteiger partial charge is 0.315 e. The Balaban J connectivity index is 1.83. The Morgan fingerprint density at radius 1 is 1.31 bits per heavy atom. The molecule has 0 spiro atoms. The number of nitrogens with zero attached hydrogens (tertiary/aromatic N) is 3. The van der Waals surface area contributed by atoms with E-state index in [1.165, 1.54) is 23.6 Å². The van der Waals surface area contributed by atoms with Crippen molar-refractivity contribution in [2.75, 3.05) is 18.6 Å². The highest BCUT2D eigenvalue weighted by molar-refractivity contribution is 7.17. The minimum atomic E-state index is -0.490. The number of rotatable bonds is 9. The molecule has 0 atom stereocenters. The maximum atomic E-state index is 11.5. The van der Waals surface area contributed by atoms with Gasteiger partial charge in [-0.2, -0.15) is 5.10 Å². The number of benzene rings is 1. The quantitative estimate of drug-likeness (QED) is 0.279. The van der Waals surface area contributed by atoms with Crippen LogP contribution in [0.1, 0.15) is 24.3 Å². The van der Waals surface area contributed by atoms with Crippen molar-refractivity contribution in [1.29, 1.82) is 0 Å². The van der Waals surface area contributed by atoms with Gasteiger partial charge in [-0.25, -0.2) is 4.98 Å². The molecule has 0 aliphatic heterocycles. The van der Waals surface area contributed by atoms with Gasteiger partial charge in [0.05, 0.1) is 34.9 Å². The molecule has 1 N–H and O–H groups in total. The van der Waals surface area contributed by atoms with Gasteiger partial charge in [-0.15, -0.1) is 22.7 Å². The zero-order chi connectivity index (χ0) is 20.8. The summed E-state index contributed by atoms with van der Waals surface area (Å²) in [5.41, 5.74) is 4.18. The number of ether oxygens (including phenoxy) is 2. The van der Waals surface area contributed by atoms with Crippen molar-refractivity contribution in [3.63, 3.8) is 0 Å². The molecule has 3 aromatic rings. The van der Waals surface area contributed by atoms with Gasteiger partial charge in [0.15, 0.2) is 5.75 Å². The van der Waals surface area contributed by atoms with Crippen molar-refractivity contribution >= 4 is 39.7 Å². The average molecular weight is 433 g/mol. The van der Waals surface area contributed by atoms with E-state index in [0.29, 0.717) is 29.7 Å². The molecular weight excluding hydrogens is 412 g/mol. The van der Waals surface area contributed by atoms with Gasteiger partial charge in [-0.05, 0) is 38.3 Å². The molecule has 2 aromatic heterocycles. The van der Waals surface area contributed by atoms with Crippen LogP contribution < -0.4 is 14.9 Å². The van der Waals surface area contributed by atoms with Crippen molar-refractivity contribution in [3.8, 4) is 22.1 Å². The van der Waals surface area contributed by atoms with Crippen molar-refractivity contribution in [2.24, 2.45) is 5.10 Å². The number of nitrogens with one attached hydrogen (secondary N) is 1. The molecule has 2 heterocycles. The van der Waals surface area contributed by atoms with Gasteiger partial charge < -0.3 is 9.47 Å². The first-order valence-electron chi connectivity index (χ1n) is 8.91. The Bertz CT molecular complexity index is 1020. The first kappa shape index (κ1) is 20.7. The second-order valence-electron chi connectivity index (χ2n) is 5.76. The maximum absolute atomic E-state index is 11.5. The first-order valence-corrected chi connectivity index (χ1v) is 10.6. The summed E-state index contributed by atoms with van der Waals surface area (Å²) in [7, 11) is 0. The Hall–Kier alpha value is -2.98. The van der Waals surface area contributed by atoms with Crippen LogP contribution in [0.4, 0.5) is 10.8 Å². The molecular formula is C19H20N4O4S2. The Morgan fingerprint density at radius 3 is 2.76 bits per heavy atom. The lowest BCUT2D eigenvalue weighted by Crippen LogP contribution is -2.03. The minimum absolute atomic E-state index is 0.126. The molecule has 0 fully saturated rings. The van der Waals surface area contributed by atoms with Crippen LogP contribution in [0.25, 0.3) is 10.6 Å². The first-order chi connectivity index (χ1) is 14.0. The van der Waals surface area contributed by atoms with Gasteiger partial charge in [0.1, 0.15) is 0 Å². The van der Waals surface area contributed by atoms with E-state index in [2.05, 4.69) is 15.5 Å². The van der Waals surface area contributed by atoms with E-state index < -0.39 is 4.92 Å². The average Bonchev–Trinajstić information content (AvgIpc) is 3.33. The largest absolute Gasteiger partial charge is 0.490 e. The standard InChI is InChI=1S/C19H20N4O4S2/c1-4-26-15-10-13(9-14(23(24)25)18(15)27-5-2)11-20-22-19-21-17(12(3)29-19)16-7-6-8-28-16/h6-11H,4-5H2,1-3H3,(H,21,22)/b20-11-. The molecule has 1 aromatic carbocycles. The molecule has 152 valence electrons. The zero-order valence-corrected chi connectivity index (χ0v) is 17.8. The fraction of sp³-hybridized carbons (Fsp3) is 0.263. The summed E-state index contributed by atoms with van der Waals surface area (Å²) in [6, 6.07) is 7.08. The van der Waals surface area contributed by atoms with E-state index in [0.717, 1.165) is 15.4 Å². The number of aryl methyl sites for hydroxylation is 1. The topological polar surface area (TPSA) is 98.9 Å². The predicted molar refractivity (Wildman–Crippen MR) is 117 cm³/mol. The van der Waals surface area contributed by atoms with Gasteiger partial charge in [0, 0.05) is 16.5 Å². The molecule has 10 heteroatoms. The van der Waals surface area contributed by atoms with Crippen LogP contribution in [-0.4, -0.2) is 29.3 Å². The summed E-state index contributed by atoms with van der Waals surface area (Å²) in [5, 5.41) is 18.3. The van der Waals surface area contributed by atoms with E-state index in [1.54, 1.807) is 31.3 Å². The van der Waals surface area contributed by atoms with Crippen molar-refractivity contribution in [2.45, 2.75) is 20.8 Å². The molecule has 0 radical (unpaired) electrons. The van der Waals surface area contributed by atoms with Crippen LogP contribution in [0.5, 0.6) is 11.5 Å².